The van der Waals surface area contributed by atoms with Crippen molar-refractivity contribution in [2.75, 3.05) is 23.4 Å². The summed E-state index contributed by atoms with van der Waals surface area (Å²) in [5, 5.41) is 0. The molecule has 5 nitrogen and oxygen atoms in total. The molecule has 3 N–H and O–H groups in total. The highest BCUT2D eigenvalue weighted by atomic mass is 15.3. The molecule has 2 rings (SSSR count). The summed E-state index contributed by atoms with van der Waals surface area (Å²) in [6, 6.07) is 2.02. The highest BCUT2D eigenvalue weighted by Crippen LogP contribution is 2.25. The van der Waals surface area contributed by atoms with E-state index in [1.165, 1.54) is 6.42 Å². The normalized spacial score (nSPS) is 24.8. The highest BCUT2D eigenvalue weighted by molar-refractivity contribution is 5.44. The van der Waals surface area contributed by atoms with E-state index in [4.69, 9.17) is 5.84 Å². The lowest BCUT2D eigenvalue weighted by molar-refractivity contribution is 0.355. The van der Waals surface area contributed by atoms with E-state index in [0.717, 1.165) is 24.6 Å². The number of nitrogen functional groups attached to an aromatic ring is 1. The number of nitrogens with zero attached hydrogens (tertiary/aromatic N) is 3. The van der Waals surface area contributed by atoms with Gasteiger partial charge in [-0.3, -0.25) is 5.43 Å². The first-order valence-corrected chi connectivity index (χ1v) is 6.15. The fourth-order valence-corrected chi connectivity index (χ4v) is 2.63. The van der Waals surface area contributed by atoms with Crippen LogP contribution >= 0.6 is 0 Å². The molecule has 1 aromatic heterocycles. The van der Waals surface area contributed by atoms with Gasteiger partial charge < -0.3 is 4.90 Å². The Kier molecular flexibility index (Phi) is 3.47. The molecule has 0 radical (unpaired) electrons. The summed E-state index contributed by atoms with van der Waals surface area (Å²) in [5.41, 5.74) is 3.46. The Balaban J connectivity index is 2.23. The van der Waals surface area contributed by atoms with Crippen LogP contribution in [-0.4, -0.2) is 23.1 Å². The van der Waals surface area contributed by atoms with E-state index in [2.05, 4.69) is 34.1 Å². The van der Waals surface area contributed by atoms with Crippen molar-refractivity contribution in [1.82, 2.24) is 9.97 Å². The summed E-state index contributed by atoms with van der Waals surface area (Å²) in [6.07, 6.45) is 1.29. The summed E-state index contributed by atoms with van der Waals surface area (Å²) in [6.45, 7) is 8.66. The van der Waals surface area contributed by atoms with Gasteiger partial charge in [0.2, 0.25) is 5.95 Å². The predicted molar refractivity (Wildman–Crippen MR) is 69.7 cm³/mol. The third kappa shape index (κ3) is 2.85. The molecule has 1 aliphatic heterocycles. The second-order valence-corrected chi connectivity index (χ2v) is 5.19. The summed E-state index contributed by atoms with van der Waals surface area (Å²) in [7, 11) is 0. The van der Waals surface area contributed by atoms with Crippen LogP contribution in [0.15, 0.2) is 6.07 Å². The molecule has 2 unspecified atom stereocenters. The van der Waals surface area contributed by atoms with Gasteiger partial charge in [-0.1, -0.05) is 13.8 Å². The van der Waals surface area contributed by atoms with Crippen molar-refractivity contribution in [3.05, 3.63) is 11.8 Å². The molecule has 1 aliphatic rings. The molecule has 1 saturated heterocycles. The highest BCUT2D eigenvalue weighted by Gasteiger charge is 2.23. The van der Waals surface area contributed by atoms with Crippen LogP contribution in [0.25, 0.3) is 0 Å². The number of hydrogen-bond donors (Lipinski definition) is 2. The molecule has 0 aliphatic carbocycles. The van der Waals surface area contributed by atoms with E-state index in [-0.39, 0.29) is 0 Å². The zero-order chi connectivity index (χ0) is 12.4. The SMILES string of the molecule is Cc1cc(N2CC(C)CC(C)C2)nc(NN)n1. The summed E-state index contributed by atoms with van der Waals surface area (Å²) in [4.78, 5) is 11.0. The molecule has 17 heavy (non-hydrogen) atoms. The molecule has 0 spiro atoms. The average Bonchev–Trinajstić information content (AvgIpc) is 2.26. The van der Waals surface area contributed by atoms with Crippen molar-refractivity contribution in [2.24, 2.45) is 17.7 Å². The third-order valence-corrected chi connectivity index (χ3v) is 3.16. The zero-order valence-corrected chi connectivity index (χ0v) is 10.8. The van der Waals surface area contributed by atoms with Crippen molar-refractivity contribution in [3.63, 3.8) is 0 Å². The van der Waals surface area contributed by atoms with Crippen LogP contribution in [-0.2, 0) is 0 Å². The maximum Gasteiger partial charge on any atom is 0.239 e. The molecule has 0 amide bonds. The van der Waals surface area contributed by atoms with Crippen LogP contribution in [0.5, 0.6) is 0 Å². The summed E-state index contributed by atoms with van der Waals surface area (Å²) < 4.78 is 0. The molecule has 2 heterocycles. The summed E-state index contributed by atoms with van der Waals surface area (Å²) in [5.74, 6) is 8.27. The molecular weight excluding hydrogens is 214 g/mol. The lowest BCUT2D eigenvalue weighted by atomic mass is 9.92. The molecule has 1 fully saturated rings. The number of anilines is 2. The standard InChI is InChI=1S/C12H21N5/c1-8-4-9(2)7-17(6-8)11-5-10(3)14-12(15-11)16-13/h5,8-9H,4,6-7,13H2,1-3H3,(H,14,15,16). The summed E-state index contributed by atoms with van der Waals surface area (Å²) >= 11 is 0. The largest absolute Gasteiger partial charge is 0.356 e. The van der Waals surface area contributed by atoms with Crippen molar-refractivity contribution in [2.45, 2.75) is 27.2 Å². The maximum absolute atomic E-state index is 5.38. The van der Waals surface area contributed by atoms with E-state index < -0.39 is 0 Å². The van der Waals surface area contributed by atoms with Gasteiger partial charge in [-0.25, -0.2) is 10.8 Å². The first kappa shape index (κ1) is 12.1. The van der Waals surface area contributed by atoms with E-state index in [1.807, 2.05) is 13.0 Å². The Hall–Kier alpha value is -1.36. The second-order valence-electron chi connectivity index (χ2n) is 5.19. The number of hydrazine groups is 1. The van der Waals surface area contributed by atoms with Crippen LogP contribution in [0, 0.1) is 18.8 Å². The van der Waals surface area contributed by atoms with E-state index >= 15 is 0 Å². The van der Waals surface area contributed by atoms with Crippen LogP contribution in [0.2, 0.25) is 0 Å². The van der Waals surface area contributed by atoms with Crippen LogP contribution < -0.4 is 16.2 Å². The van der Waals surface area contributed by atoms with Gasteiger partial charge in [0.25, 0.3) is 0 Å². The molecule has 2 atom stereocenters. The number of piperidine rings is 1. The van der Waals surface area contributed by atoms with Gasteiger partial charge in [-0.2, -0.15) is 4.98 Å². The van der Waals surface area contributed by atoms with Gasteiger partial charge in [0.1, 0.15) is 5.82 Å². The molecule has 0 aromatic carbocycles. The minimum Gasteiger partial charge on any atom is -0.356 e. The number of nitrogens with one attached hydrogen (secondary N) is 1. The number of aromatic nitrogens is 2. The number of hydrogen-bond acceptors (Lipinski definition) is 5. The molecule has 0 saturated carbocycles. The first-order chi connectivity index (χ1) is 8.08. The minimum absolute atomic E-state index is 0.492. The van der Waals surface area contributed by atoms with Crippen LogP contribution in [0.3, 0.4) is 0 Å². The number of nitrogens with two attached hydrogens (primary N) is 1. The van der Waals surface area contributed by atoms with E-state index in [1.54, 1.807) is 0 Å². The van der Waals surface area contributed by atoms with Gasteiger partial charge in [0.15, 0.2) is 0 Å². The topological polar surface area (TPSA) is 67.1 Å². The molecule has 5 heteroatoms. The lowest BCUT2D eigenvalue weighted by Crippen LogP contribution is -2.39. The number of rotatable bonds is 2. The Morgan fingerprint density at radius 2 is 1.94 bits per heavy atom. The fraction of sp³-hybridized carbons (Fsp3) is 0.667. The Morgan fingerprint density at radius 1 is 1.29 bits per heavy atom. The van der Waals surface area contributed by atoms with Crippen LogP contribution in [0.4, 0.5) is 11.8 Å². The molecule has 94 valence electrons. The van der Waals surface area contributed by atoms with Crippen LogP contribution in [0.1, 0.15) is 26.0 Å². The molecule has 0 bridgehead atoms. The van der Waals surface area contributed by atoms with Gasteiger partial charge >= 0.3 is 0 Å². The molecule has 1 aromatic rings. The Bertz CT molecular complexity index is 382. The van der Waals surface area contributed by atoms with Crippen molar-refractivity contribution in [3.8, 4) is 0 Å². The Morgan fingerprint density at radius 3 is 2.53 bits per heavy atom. The minimum atomic E-state index is 0.492. The van der Waals surface area contributed by atoms with Gasteiger partial charge in [0, 0.05) is 24.8 Å². The van der Waals surface area contributed by atoms with E-state index in [0.29, 0.717) is 17.8 Å². The predicted octanol–water partition coefficient (Wildman–Crippen LogP) is 1.55. The first-order valence-electron chi connectivity index (χ1n) is 6.15. The van der Waals surface area contributed by atoms with Gasteiger partial charge in [-0.15, -0.1) is 0 Å². The fourth-order valence-electron chi connectivity index (χ4n) is 2.63. The second kappa shape index (κ2) is 4.87. The maximum atomic E-state index is 5.38. The average molecular weight is 235 g/mol. The lowest BCUT2D eigenvalue weighted by Gasteiger charge is -2.35. The zero-order valence-electron chi connectivity index (χ0n) is 10.8. The third-order valence-electron chi connectivity index (χ3n) is 3.16. The van der Waals surface area contributed by atoms with Gasteiger partial charge in [0.05, 0.1) is 0 Å². The van der Waals surface area contributed by atoms with Crippen molar-refractivity contribution < 1.29 is 0 Å². The Labute approximate surface area is 102 Å². The number of aryl methyl sites for hydroxylation is 1. The molecular formula is C12H21N5. The van der Waals surface area contributed by atoms with Crippen molar-refractivity contribution >= 4 is 11.8 Å². The van der Waals surface area contributed by atoms with Crippen molar-refractivity contribution in [1.29, 1.82) is 0 Å². The smallest absolute Gasteiger partial charge is 0.239 e. The van der Waals surface area contributed by atoms with Gasteiger partial charge in [-0.05, 0) is 25.2 Å². The monoisotopic (exact) mass is 235 g/mol. The van der Waals surface area contributed by atoms with E-state index in [9.17, 15) is 0 Å². The quantitative estimate of drug-likeness (QED) is 0.601.